The average Bonchev–Trinajstić information content (AvgIpc) is 2.78. The number of aromatic nitrogens is 2. The van der Waals surface area contributed by atoms with E-state index >= 15 is 0 Å². The Balaban J connectivity index is 1.59. The molecule has 164 valence electrons. The third-order valence-electron chi connectivity index (χ3n) is 5.00. The van der Waals surface area contributed by atoms with Gasteiger partial charge in [0.05, 0.1) is 10.7 Å². The van der Waals surface area contributed by atoms with Crippen molar-refractivity contribution in [1.29, 1.82) is 0 Å². The van der Waals surface area contributed by atoms with Crippen LogP contribution in [-0.2, 0) is 6.61 Å². The van der Waals surface area contributed by atoms with Gasteiger partial charge in [-0.3, -0.25) is 14.3 Å². The summed E-state index contributed by atoms with van der Waals surface area (Å²) in [6, 6.07) is 14.6. The van der Waals surface area contributed by atoms with Crippen LogP contribution in [0.25, 0.3) is 5.69 Å². The van der Waals surface area contributed by atoms with Gasteiger partial charge >= 0.3 is 0 Å². The van der Waals surface area contributed by atoms with Crippen LogP contribution in [0.2, 0.25) is 5.02 Å². The molecule has 0 saturated heterocycles. The van der Waals surface area contributed by atoms with E-state index in [1.54, 1.807) is 35.2 Å². The van der Waals surface area contributed by atoms with Gasteiger partial charge in [-0.15, -0.1) is 0 Å². The number of likely N-dealkylation sites (N-methyl/N-ethyl adjacent to an activating group) is 1. The number of halogens is 1. The maximum atomic E-state index is 12.5. The lowest BCUT2D eigenvalue weighted by Gasteiger charge is -2.24. The van der Waals surface area contributed by atoms with Crippen molar-refractivity contribution in [3.63, 3.8) is 0 Å². The zero-order chi connectivity index (χ0) is 22.2. The maximum absolute atomic E-state index is 12.5. The molecule has 0 aliphatic rings. The van der Waals surface area contributed by atoms with Crippen molar-refractivity contribution in [1.82, 2.24) is 14.5 Å². The molecule has 1 atom stereocenters. The van der Waals surface area contributed by atoms with Gasteiger partial charge in [0.1, 0.15) is 24.7 Å². The highest BCUT2D eigenvalue weighted by molar-refractivity contribution is 6.30. The summed E-state index contributed by atoms with van der Waals surface area (Å²) >= 11 is 5.83. The first-order valence-corrected chi connectivity index (χ1v) is 10.7. The predicted molar refractivity (Wildman–Crippen MR) is 123 cm³/mol. The topological polar surface area (TPSA) is 56.6 Å². The monoisotopic (exact) mass is 441 g/mol. The lowest BCUT2D eigenvalue weighted by Crippen LogP contribution is -2.34. The van der Waals surface area contributed by atoms with Gasteiger partial charge in [-0.1, -0.05) is 18.5 Å². The molecule has 0 unspecified atom stereocenters. The molecule has 7 heteroatoms. The van der Waals surface area contributed by atoms with Gasteiger partial charge in [-0.05, 0) is 69.4 Å². The smallest absolute Gasteiger partial charge is 0.258 e. The molecule has 3 rings (SSSR count). The molecule has 0 aliphatic heterocycles. The minimum atomic E-state index is -0.176. The molecular formula is C24H28ClN3O3. The Labute approximate surface area is 188 Å². The van der Waals surface area contributed by atoms with Crippen molar-refractivity contribution >= 4 is 11.6 Å². The highest BCUT2D eigenvalue weighted by Crippen LogP contribution is 2.17. The number of hydrogen-bond acceptors (Lipinski definition) is 5. The summed E-state index contributed by atoms with van der Waals surface area (Å²) < 4.78 is 13.1. The number of pyridine rings is 2. The second-order valence-electron chi connectivity index (χ2n) is 7.46. The lowest BCUT2D eigenvalue weighted by atomic mass is 10.2. The first-order chi connectivity index (χ1) is 15.0. The Kier molecular flexibility index (Phi) is 8.09. The van der Waals surface area contributed by atoms with E-state index in [1.165, 1.54) is 6.07 Å². The second-order valence-corrected chi connectivity index (χ2v) is 7.90. The fourth-order valence-corrected chi connectivity index (χ4v) is 3.14. The number of hydrogen-bond donors (Lipinski definition) is 0. The minimum absolute atomic E-state index is 0.176. The quantitative estimate of drug-likeness (QED) is 0.461. The summed E-state index contributed by atoms with van der Waals surface area (Å²) in [4.78, 5) is 19.0. The van der Waals surface area contributed by atoms with Gasteiger partial charge in [-0.25, -0.2) is 0 Å². The van der Waals surface area contributed by atoms with Crippen LogP contribution < -0.4 is 15.0 Å². The Morgan fingerprint density at radius 1 is 1.10 bits per heavy atom. The number of rotatable bonds is 10. The summed E-state index contributed by atoms with van der Waals surface area (Å²) in [7, 11) is 2.10. The molecule has 0 bridgehead atoms. The molecule has 0 saturated carbocycles. The van der Waals surface area contributed by atoms with Crippen LogP contribution in [0.1, 0.15) is 26.0 Å². The minimum Gasteiger partial charge on any atom is -0.492 e. The first-order valence-electron chi connectivity index (χ1n) is 10.4. The van der Waals surface area contributed by atoms with E-state index in [0.29, 0.717) is 23.4 Å². The van der Waals surface area contributed by atoms with Crippen LogP contribution in [0.15, 0.2) is 65.7 Å². The van der Waals surface area contributed by atoms with Crippen molar-refractivity contribution in [2.75, 3.05) is 20.2 Å². The van der Waals surface area contributed by atoms with Crippen molar-refractivity contribution in [2.45, 2.75) is 32.9 Å². The molecular weight excluding hydrogens is 414 g/mol. The summed E-state index contributed by atoms with van der Waals surface area (Å²) in [5.74, 6) is 1.27. The molecule has 0 N–H and O–H groups in total. The third kappa shape index (κ3) is 6.57. The molecule has 0 amide bonds. The molecule has 0 aliphatic carbocycles. The standard InChI is InChI=1S/C24H28ClN3O3/c1-4-12-27(3)18(2)16-30-22-9-7-21(8-10-22)28-13-11-23(14-24(28)29)31-17-20-6-5-19(25)15-26-20/h5-11,13-15,18H,4,12,16-17H2,1-3H3/t18-/m0/s1. The van der Waals surface area contributed by atoms with Crippen molar-refractivity contribution < 1.29 is 9.47 Å². The molecule has 1 aromatic carbocycles. The Morgan fingerprint density at radius 3 is 2.52 bits per heavy atom. The number of nitrogens with zero attached hydrogens (tertiary/aromatic N) is 3. The van der Waals surface area contributed by atoms with Crippen molar-refractivity contribution in [3.8, 4) is 17.2 Å². The Hall–Kier alpha value is -2.83. The van der Waals surface area contributed by atoms with Crippen LogP contribution in [0, 0.1) is 0 Å². The van der Waals surface area contributed by atoms with Crippen LogP contribution in [0.4, 0.5) is 0 Å². The van der Waals surface area contributed by atoms with Crippen molar-refractivity contribution in [2.24, 2.45) is 0 Å². The molecule has 2 heterocycles. The second kappa shape index (κ2) is 11.0. The van der Waals surface area contributed by atoms with Gasteiger partial charge < -0.3 is 14.4 Å². The fraction of sp³-hybridized carbons (Fsp3) is 0.333. The van der Waals surface area contributed by atoms with E-state index < -0.39 is 0 Å². The molecule has 3 aromatic rings. The van der Waals surface area contributed by atoms with E-state index in [2.05, 4.69) is 30.8 Å². The fourth-order valence-electron chi connectivity index (χ4n) is 3.03. The average molecular weight is 442 g/mol. The summed E-state index contributed by atoms with van der Waals surface area (Å²) in [5, 5.41) is 0.570. The van der Waals surface area contributed by atoms with E-state index in [0.717, 1.165) is 30.1 Å². The Morgan fingerprint density at radius 2 is 1.87 bits per heavy atom. The van der Waals surface area contributed by atoms with E-state index in [1.807, 2.05) is 24.3 Å². The normalized spacial score (nSPS) is 12.0. The zero-order valence-corrected chi connectivity index (χ0v) is 18.9. The first kappa shape index (κ1) is 22.8. The predicted octanol–water partition coefficient (Wildman–Crippen LogP) is 4.57. The highest BCUT2D eigenvalue weighted by atomic mass is 35.5. The van der Waals surface area contributed by atoms with E-state index in [4.69, 9.17) is 21.1 Å². The SMILES string of the molecule is CCCN(C)[C@@H](C)COc1ccc(-n2ccc(OCc3ccc(Cl)cn3)cc2=O)cc1. The number of ether oxygens (including phenoxy) is 2. The molecule has 0 radical (unpaired) electrons. The largest absolute Gasteiger partial charge is 0.492 e. The highest BCUT2D eigenvalue weighted by Gasteiger charge is 2.09. The summed E-state index contributed by atoms with van der Waals surface area (Å²) in [6.45, 7) is 6.24. The van der Waals surface area contributed by atoms with Gasteiger partial charge in [-0.2, -0.15) is 0 Å². The third-order valence-corrected chi connectivity index (χ3v) is 5.22. The van der Waals surface area contributed by atoms with Crippen LogP contribution in [0.5, 0.6) is 11.5 Å². The Bertz CT molecular complexity index is 1020. The van der Waals surface area contributed by atoms with Crippen LogP contribution >= 0.6 is 11.6 Å². The molecule has 6 nitrogen and oxygen atoms in total. The van der Waals surface area contributed by atoms with Crippen LogP contribution in [0.3, 0.4) is 0 Å². The summed E-state index contributed by atoms with van der Waals surface area (Å²) in [6.07, 6.45) is 4.38. The maximum Gasteiger partial charge on any atom is 0.258 e. The summed E-state index contributed by atoms with van der Waals surface area (Å²) in [5.41, 5.74) is 1.32. The molecule has 2 aromatic heterocycles. The van der Waals surface area contributed by atoms with Crippen LogP contribution in [-0.4, -0.2) is 40.7 Å². The van der Waals surface area contributed by atoms with Crippen molar-refractivity contribution in [3.05, 3.63) is 82.0 Å². The zero-order valence-electron chi connectivity index (χ0n) is 18.1. The van der Waals surface area contributed by atoms with E-state index in [9.17, 15) is 4.79 Å². The van der Waals surface area contributed by atoms with Gasteiger partial charge in [0.25, 0.3) is 5.56 Å². The lowest BCUT2D eigenvalue weighted by molar-refractivity contribution is 0.173. The van der Waals surface area contributed by atoms with Gasteiger partial charge in [0.2, 0.25) is 0 Å². The molecule has 0 fully saturated rings. The molecule has 31 heavy (non-hydrogen) atoms. The van der Waals surface area contributed by atoms with E-state index in [-0.39, 0.29) is 12.2 Å². The molecule has 0 spiro atoms. The number of benzene rings is 1. The van der Waals surface area contributed by atoms with Gasteiger partial charge in [0, 0.05) is 30.2 Å². The van der Waals surface area contributed by atoms with Gasteiger partial charge in [0.15, 0.2) is 0 Å².